The quantitative estimate of drug-likeness (QED) is 0.352. The molecule has 1 atom stereocenters. The first kappa shape index (κ1) is 29.9. The molecule has 0 fully saturated rings. The van der Waals surface area contributed by atoms with Crippen LogP contribution in [0.5, 0.6) is 0 Å². The summed E-state index contributed by atoms with van der Waals surface area (Å²) in [7, 11) is 0. The summed E-state index contributed by atoms with van der Waals surface area (Å²) in [5.74, 6) is 0.308. The van der Waals surface area contributed by atoms with Gasteiger partial charge >= 0.3 is 0 Å². The van der Waals surface area contributed by atoms with E-state index in [0.717, 1.165) is 6.42 Å². The molecule has 2 heteroatoms. The van der Waals surface area contributed by atoms with Gasteiger partial charge in [0, 0.05) is 28.9 Å². The molecule has 1 aromatic carbocycles. The highest BCUT2D eigenvalue weighted by molar-refractivity contribution is 8.06. The molecule has 37 heavy (non-hydrogen) atoms. The topological polar surface area (TPSA) is 0 Å². The molecule has 2 heterocycles. The molecular formula is C35H49S2+. The Labute approximate surface area is 236 Å². The molecule has 0 saturated carbocycles. The minimum absolute atomic E-state index is 0.126. The minimum Gasteiger partial charge on any atom is -0.0978 e. The zero-order chi connectivity index (χ0) is 27.8. The van der Waals surface area contributed by atoms with Crippen LogP contribution in [-0.4, -0.2) is 0 Å². The first-order valence-corrected chi connectivity index (χ1v) is 15.3. The molecule has 0 bridgehead atoms. The van der Waals surface area contributed by atoms with Crippen molar-refractivity contribution in [3.8, 4) is 0 Å². The van der Waals surface area contributed by atoms with Gasteiger partial charge in [0.2, 0.25) is 21.1 Å². The number of hydrogen-bond acceptors (Lipinski definition) is 1. The van der Waals surface area contributed by atoms with Gasteiger partial charge in [-0.2, -0.15) is 0 Å². The maximum atomic E-state index is 2.52. The monoisotopic (exact) mass is 533 g/mol. The van der Waals surface area contributed by atoms with Crippen molar-refractivity contribution in [3.05, 3.63) is 97.0 Å². The van der Waals surface area contributed by atoms with Crippen molar-refractivity contribution in [2.45, 2.75) is 106 Å². The van der Waals surface area contributed by atoms with Gasteiger partial charge in [-0.1, -0.05) is 131 Å². The molecule has 0 amide bonds. The van der Waals surface area contributed by atoms with Crippen molar-refractivity contribution in [2.75, 3.05) is 0 Å². The lowest BCUT2D eigenvalue weighted by Crippen LogP contribution is -2.16. The van der Waals surface area contributed by atoms with E-state index in [0.29, 0.717) is 5.92 Å². The fourth-order valence-electron chi connectivity index (χ4n) is 4.23. The van der Waals surface area contributed by atoms with Crippen molar-refractivity contribution in [2.24, 2.45) is 10.8 Å². The average molecular weight is 534 g/mol. The van der Waals surface area contributed by atoms with E-state index in [1.807, 2.05) is 23.1 Å². The number of rotatable bonds is 4. The van der Waals surface area contributed by atoms with Gasteiger partial charge in [-0.05, 0) is 55.9 Å². The highest BCUT2D eigenvalue weighted by Crippen LogP contribution is 2.49. The average Bonchev–Trinajstić information content (AvgIpc) is 2.76. The molecule has 1 unspecified atom stereocenters. The third-order valence-electron chi connectivity index (χ3n) is 6.70. The van der Waals surface area contributed by atoms with Gasteiger partial charge in [-0.25, -0.2) is 0 Å². The van der Waals surface area contributed by atoms with Crippen LogP contribution in [-0.2, 0) is 17.3 Å². The molecule has 0 N–H and O–H groups in total. The van der Waals surface area contributed by atoms with Crippen LogP contribution in [0.3, 0.4) is 0 Å². The molecule has 2 aromatic rings. The second kappa shape index (κ2) is 10.9. The summed E-state index contributed by atoms with van der Waals surface area (Å²) >= 11 is 3.95. The van der Waals surface area contributed by atoms with E-state index in [-0.39, 0.29) is 21.7 Å². The summed E-state index contributed by atoms with van der Waals surface area (Å²) in [6, 6.07) is 16.0. The van der Waals surface area contributed by atoms with E-state index in [1.54, 1.807) is 0 Å². The Morgan fingerprint density at radius 2 is 1.14 bits per heavy atom. The SMILES string of the molecule is CC(C)(C)C1=CC(=CC(Cc2cc(C(C)(C)C)[s+]c(C(C)(C)C)c2)c2ccccc2)C=C(C(C)(C)C)S1. The normalized spacial score (nSPS) is 16.3. The molecule has 3 rings (SSSR count). The predicted octanol–water partition coefficient (Wildman–Crippen LogP) is 11.5. The van der Waals surface area contributed by atoms with Crippen LogP contribution in [0.25, 0.3) is 0 Å². The van der Waals surface area contributed by atoms with Gasteiger partial charge in [0.05, 0.1) is 0 Å². The third kappa shape index (κ3) is 8.17. The van der Waals surface area contributed by atoms with Gasteiger partial charge in [0.15, 0.2) is 0 Å². The van der Waals surface area contributed by atoms with Gasteiger partial charge in [-0.15, -0.1) is 0 Å². The fourth-order valence-corrected chi connectivity index (χ4v) is 6.74. The third-order valence-corrected chi connectivity index (χ3v) is 10.5. The van der Waals surface area contributed by atoms with Crippen molar-refractivity contribution < 1.29 is 0 Å². The summed E-state index contributed by atoms with van der Waals surface area (Å²) in [5, 5.41) is 0. The first-order chi connectivity index (χ1) is 16.8. The first-order valence-electron chi connectivity index (χ1n) is 13.7. The van der Waals surface area contributed by atoms with Crippen LogP contribution in [0.1, 0.15) is 110 Å². The van der Waals surface area contributed by atoms with E-state index in [9.17, 15) is 0 Å². The molecule has 0 radical (unpaired) electrons. The van der Waals surface area contributed by atoms with Crippen LogP contribution < -0.4 is 0 Å². The van der Waals surface area contributed by atoms with Crippen LogP contribution >= 0.6 is 23.1 Å². The van der Waals surface area contributed by atoms with Gasteiger partial charge in [0.1, 0.15) is 0 Å². The minimum atomic E-state index is 0.126. The number of allylic oxidation sites excluding steroid dienone is 6. The molecular weight excluding hydrogens is 485 g/mol. The van der Waals surface area contributed by atoms with Crippen LogP contribution in [0.15, 0.2) is 76.1 Å². The molecule has 0 spiro atoms. The Hall–Kier alpha value is -1.64. The van der Waals surface area contributed by atoms with E-state index in [4.69, 9.17) is 0 Å². The summed E-state index contributed by atoms with van der Waals surface area (Å²) in [5.41, 5.74) is 4.68. The molecule has 1 aliphatic heterocycles. The molecule has 1 aromatic heterocycles. The van der Waals surface area contributed by atoms with Gasteiger partial charge in [-0.3, -0.25) is 0 Å². The van der Waals surface area contributed by atoms with Crippen molar-refractivity contribution in [1.82, 2.24) is 0 Å². The predicted molar refractivity (Wildman–Crippen MR) is 170 cm³/mol. The number of benzene rings is 1. The summed E-state index contributed by atoms with van der Waals surface area (Å²) in [6.07, 6.45) is 8.39. The zero-order valence-corrected chi connectivity index (χ0v) is 27.0. The van der Waals surface area contributed by atoms with Crippen LogP contribution in [0, 0.1) is 10.8 Å². The highest BCUT2D eigenvalue weighted by atomic mass is 32.2. The number of hydrogen-bond donors (Lipinski definition) is 0. The molecule has 1 aliphatic rings. The molecule has 200 valence electrons. The van der Waals surface area contributed by atoms with E-state index >= 15 is 0 Å². The smallest absolute Gasteiger partial charge is 0.0978 e. The lowest BCUT2D eigenvalue weighted by Gasteiger charge is -2.32. The van der Waals surface area contributed by atoms with Gasteiger partial charge in [0.25, 0.3) is 0 Å². The van der Waals surface area contributed by atoms with Crippen molar-refractivity contribution in [3.63, 3.8) is 0 Å². The maximum Gasteiger partial charge on any atom is 0.219 e. The van der Waals surface area contributed by atoms with E-state index in [1.165, 1.54) is 36.3 Å². The lowest BCUT2D eigenvalue weighted by molar-refractivity contribution is 0.521. The Morgan fingerprint density at radius 1 is 0.676 bits per heavy atom. The Bertz CT molecular complexity index is 1120. The standard InChI is InChI=1S/C35H49S2/c1-32(2,3)28-20-24(21-29(36-28)33(4,5)6)18-27(26-16-14-13-15-17-26)19-25-22-30(34(7,8)9)37-31(23-25)35(10,11)12/h13-18,20-23,27H,19H2,1-12H3/q+1. The van der Waals surface area contributed by atoms with Gasteiger partial charge < -0.3 is 0 Å². The van der Waals surface area contributed by atoms with Crippen molar-refractivity contribution in [1.29, 1.82) is 0 Å². The van der Waals surface area contributed by atoms with Crippen LogP contribution in [0.4, 0.5) is 0 Å². The van der Waals surface area contributed by atoms with E-state index < -0.39 is 0 Å². The zero-order valence-electron chi connectivity index (χ0n) is 25.4. The summed E-state index contributed by atoms with van der Waals surface area (Å²) in [6.45, 7) is 28.0. The largest absolute Gasteiger partial charge is 0.219 e. The second-order valence-corrected chi connectivity index (χ2v) is 16.9. The summed E-state index contributed by atoms with van der Waals surface area (Å²) < 4.78 is 0. The second-order valence-electron chi connectivity index (χ2n) is 14.7. The Morgan fingerprint density at radius 3 is 1.54 bits per heavy atom. The maximum absolute atomic E-state index is 2.52. The fraction of sp³-hybridized carbons (Fsp3) is 0.514. The Kier molecular flexibility index (Phi) is 8.77. The Balaban J connectivity index is 2.16. The molecule has 0 saturated heterocycles. The summed E-state index contributed by atoms with van der Waals surface area (Å²) in [4.78, 5) is 5.83. The number of thioether (sulfide) groups is 1. The van der Waals surface area contributed by atoms with E-state index in [2.05, 4.69) is 144 Å². The highest BCUT2D eigenvalue weighted by Gasteiger charge is 2.33. The lowest BCUT2D eigenvalue weighted by atomic mass is 9.86. The van der Waals surface area contributed by atoms with Crippen molar-refractivity contribution >= 4 is 23.1 Å². The molecule has 0 nitrogen and oxygen atoms in total. The van der Waals surface area contributed by atoms with Crippen LogP contribution in [0.2, 0.25) is 0 Å². The molecule has 0 aliphatic carbocycles.